The van der Waals surface area contributed by atoms with Gasteiger partial charge in [0.05, 0.1) is 5.71 Å². The van der Waals surface area contributed by atoms with E-state index in [0.29, 0.717) is 5.92 Å². The zero-order valence-electron chi connectivity index (χ0n) is 8.19. The van der Waals surface area contributed by atoms with E-state index in [0.717, 1.165) is 31.4 Å². The lowest BCUT2D eigenvalue weighted by molar-refractivity contribution is 0.315. The number of rotatable bonds is 2. The SMILES string of the molecule is ON=C1CCCC1Cc1ccccc1. The maximum atomic E-state index is 8.80. The molecule has 0 aliphatic heterocycles. The first-order valence-corrected chi connectivity index (χ1v) is 5.15. The van der Waals surface area contributed by atoms with Crippen molar-refractivity contribution in [3.8, 4) is 0 Å². The Labute approximate surface area is 84.3 Å². The Morgan fingerprint density at radius 3 is 2.79 bits per heavy atom. The molecule has 2 rings (SSSR count). The molecule has 1 fully saturated rings. The van der Waals surface area contributed by atoms with Gasteiger partial charge in [-0.25, -0.2) is 0 Å². The molecule has 14 heavy (non-hydrogen) atoms. The third kappa shape index (κ3) is 1.95. The second-order valence-electron chi connectivity index (χ2n) is 3.87. The summed E-state index contributed by atoms with van der Waals surface area (Å²) < 4.78 is 0. The summed E-state index contributed by atoms with van der Waals surface area (Å²) in [5, 5.41) is 12.2. The van der Waals surface area contributed by atoms with Gasteiger partial charge in [0.1, 0.15) is 0 Å². The van der Waals surface area contributed by atoms with Gasteiger partial charge >= 0.3 is 0 Å². The molecule has 2 heteroatoms. The van der Waals surface area contributed by atoms with E-state index in [1.165, 1.54) is 5.56 Å². The smallest absolute Gasteiger partial charge is 0.0604 e. The summed E-state index contributed by atoms with van der Waals surface area (Å²) in [5.41, 5.74) is 2.31. The average Bonchev–Trinajstić information content (AvgIpc) is 2.67. The van der Waals surface area contributed by atoms with Crippen LogP contribution in [0, 0.1) is 5.92 Å². The van der Waals surface area contributed by atoms with Crippen molar-refractivity contribution < 1.29 is 5.21 Å². The molecule has 1 aromatic rings. The standard InChI is InChI=1S/C12H15NO/c14-13-12-8-4-7-11(12)9-10-5-2-1-3-6-10/h1-3,5-6,11,14H,4,7-9H2. The zero-order chi connectivity index (χ0) is 9.80. The van der Waals surface area contributed by atoms with Gasteiger partial charge in [0.25, 0.3) is 0 Å². The summed E-state index contributed by atoms with van der Waals surface area (Å²) in [5.74, 6) is 0.461. The highest BCUT2D eigenvalue weighted by Gasteiger charge is 2.22. The fourth-order valence-electron chi connectivity index (χ4n) is 2.15. The van der Waals surface area contributed by atoms with Crippen molar-refractivity contribution in [1.29, 1.82) is 0 Å². The topological polar surface area (TPSA) is 32.6 Å². The van der Waals surface area contributed by atoms with Crippen molar-refractivity contribution >= 4 is 5.71 Å². The largest absolute Gasteiger partial charge is 0.411 e. The molecular weight excluding hydrogens is 174 g/mol. The summed E-state index contributed by atoms with van der Waals surface area (Å²) in [6.07, 6.45) is 4.30. The fourth-order valence-corrected chi connectivity index (χ4v) is 2.15. The summed E-state index contributed by atoms with van der Waals surface area (Å²) in [6, 6.07) is 10.4. The maximum absolute atomic E-state index is 8.80. The lowest BCUT2D eigenvalue weighted by atomic mass is 9.97. The van der Waals surface area contributed by atoms with Gasteiger partial charge in [-0.2, -0.15) is 0 Å². The Bertz CT molecular complexity index is 318. The van der Waals surface area contributed by atoms with Crippen molar-refractivity contribution in [3.63, 3.8) is 0 Å². The Balaban J connectivity index is 2.04. The molecular formula is C12H15NO. The van der Waals surface area contributed by atoms with Gasteiger partial charge in [0.15, 0.2) is 0 Å². The van der Waals surface area contributed by atoms with Gasteiger partial charge in [-0.1, -0.05) is 35.5 Å². The van der Waals surface area contributed by atoms with Crippen LogP contribution < -0.4 is 0 Å². The van der Waals surface area contributed by atoms with Crippen LogP contribution in [-0.2, 0) is 6.42 Å². The van der Waals surface area contributed by atoms with E-state index in [4.69, 9.17) is 5.21 Å². The van der Waals surface area contributed by atoms with Crippen molar-refractivity contribution in [2.75, 3.05) is 0 Å². The summed E-state index contributed by atoms with van der Waals surface area (Å²) >= 11 is 0. The predicted molar refractivity (Wildman–Crippen MR) is 56.7 cm³/mol. The summed E-state index contributed by atoms with van der Waals surface area (Å²) in [6.45, 7) is 0. The third-order valence-corrected chi connectivity index (χ3v) is 2.91. The molecule has 0 saturated heterocycles. The Morgan fingerprint density at radius 1 is 1.29 bits per heavy atom. The van der Waals surface area contributed by atoms with Crippen LogP contribution in [-0.4, -0.2) is 10.9 Å². The molecule has 0 bridgehead atoms. The number of hydrogen-bond acceptors (Lipinski definition) is 2. The first kappa shape index (κ1) is 9.25. The normalized spacial score (nSPS) is 24.3. The van der Waals surface area contributed by atoms with Gasteiger partial charge < -0.3 is 5.21 Å². The molecule has 1 atom stereocenters. The molecule has 0 amide bonds. The Kier molecular flexibility index (Phi) is 2.82. The summed E-state index contributed by atoms with van der Waals surface area (Å²) in [4.78, 5) is 0. The predicted octanol–water partition coefficient (Wildman–Crippen LogP) is 2.86. The van der Waals surface area contributed by atoms with E-state index in [1.807, 2.05) is 6.07 Å². The maximum Gasteiger partial charge on any atom is 0.0604 e. The number of nitrogens with zero attached hydrogens (tertiary/aromatic N) is 1. The Morgan fingerprint density at radius 2 is 2.07 bits per heavy atom. The molecule has 0 heterocycles. The van der Waals surface area contributed by atoms with Gasteiger partial charge in [0.2, 0.25) is 0 Å². The number of hydrogen-bond donors (Lipinski definition) is 1. The molecule has 0 spiro atoms. The molecule has 0 radical (unpaired) electrons. The average molecular weight is 189 g/mol. The lowest BCUT2D eigenvalue weighted by Crippen LogP contribution is -2.09. The van der Waals surface area contributed by atoms with E-state index in [1.54, 1.807) is 0 Å². The molecule has 1 aliphatic rings. The molecule has 1 N–H and O–H groups in total. The van der Waals surface area contributed by atoms with Crippen LogP contribution in [0.25, 0.3) is 0 Å². The molecule has 1 saturated carbocycles. The van der Waals surface area contributed by atoms with E-state index in [-0.39, 0.29) is 0 Å². The van der Waals surface area contributed by atoms with E-state index >= 15 is 0 Å². The number of oxime groups is 1. The highest BCUT2D eigenvalue weighted by molar-refractivity contribution is 5.88. The molecule has 1 aromatic carbocycles. The van der Waals surface area contributed by atoms with Gasteiger partial charge in [-0.05, 0) is 31.2 Å². The van der Waals surface area contributed by atoms with Gasteiger partial charge in [-0.15, -0.1) is 0 Å². The highest BCUT2D eigenvalue weighted by atomic mass is 16.4. The van der Waals surface area contributed by atoms with Crippen LogP contribution >= 0.6 is 0 Å². The van der Waals surface area contributed by atoms with E-state index in [2.05, 4.69) is 29.4 Å². The third-order valence-electron chi connectivity index (χ3n) is 2.91. The van der Waals surface area contributed by atoms with Crippen LogP contribution in [0.4, 0.5) is 0 Å². The van der Waals surface area contributed by atoms with Crippen molar-refractivity contribution in [1.82, 2.24) is 0 Å². The van der Waals surface area contributed by atoms with Crippen LogP contribution in [0.2, 0.25) is 0 Å². The first-order valence-electron chi connectivity index (χ1n) is 5.15. The zero-order valence-corrected chi connectivity index (χ0v) is 8.19. The van der Waals surface area contributed by atoms with Crippen LogP contribution in [0.15, 0.2) is 35.5 Å². The highest BCUT2D eigenvalue weighted by Crippen LogP contribution is 2.25. The molecule has 1 aliphatic carbocycles. The molecule has 1 unspecified atom stereocenters. The van der Waals surface area contributed by atoms with Crippen LogP contribution in [0.1, 0.15) is 24.8 Å². The van der Waals surface area contributed by atoms with Crippen molar-refractivity contribution in [2.45, 2.75) is 25.7 Å². The Hall–Kier alpha value is -1.31. The van der Waals surface area contributed by atoms with E-state index in [9.17, 15) is 0 Å². The minimum Gasteiger partial charge on any atom is -0.411 e. The van der Waals surface area contributed by atoms with Crippen molar-refractivity contribution in [3.05, 3.63) is 35.9 Å². The monoisotopic (exact) mass is 189 g/mol. The minimum absolute atomic E-state index is 0.461. The number of benzene rings is 1. The molecule has 2 nitrogen and oxygen atoms in total. The fraction of sp³-hybridized carbons (Fsp3) is 0.417. The lowest BCUT2D eigenvalue weighted by Gasteiger charge is -2.09. The van der Waals surface area contributed by atoms with Gasteiger partial charge in [0, 0.05) is 5.92 Å². The second-order valence-corrected chi connectivity index (χ2v) is 3.87. The molecule has 0 aromatic heterocycles. The second kappa shape index (κ2) is 4.27. The molecule has 74 valence electrons. The van der Waals surface area contributed by atoms with E-state index < -0.39 is 0 Å². The van der Waals surface area contributed by atoms with Gasteiger partial charge in [-0.3, -0.25) is 0 Å². The quantitative estimate of drug-likeness (QED) is 0.563. The summed E-state index contributed by atoms with van der Waals surface area (Å²) in [7, 11) is 0. The first-order chi connectivity index (χ1) is 6.90. The minimum atomic E-state index is 0.461. The van der Waals surface area contributed by atoms with Crippen LogP contribution in [0.3, 0.4) is 0 Å². The van der Waals surface area contributed by atoms with Crippen LogP contribution in [0.5, 0.6) is 0 Å². The van der Waals surface area contributed by atoms with Crippen molar-refractivity contribution in [2.24, 2.45) is 11.1 Å².